The van der Waals surface area contributed by atoms with Crippen molar-refractivity contribution < 1.29 is 0 Å². The number of nitrogens with two attached hydrogens (primary N) is 1. The molecule has 2 rings (SSSR count). The molecule has 0 spiro atoms. The minimum atomic E-state index is 0.440. The van der Waals surface area contributed by atoms with Crippen LogP contribution >= 0.6 is 28.1 Å². The average molecular weight is 285 g/mol. The molecule has 0 bridgehead atoms. The van der Waals surface area contributed by atoms with Gasteiger partial charge >= 0.3 is 0 Å². The maximum Gasteiger partial charge on any atom is 0.105 e. The Hall–Kier alpha value is -0.610. The first-order valence-corrected chi connectivity index (χ1v) is 6.23. The number of rotatable bonds is 2. The second kappa shape index (κ2) is 4.49. The van der Waals surface area contributed by atoms with Gasteiger partial charge in [-0.25, -0.2) is 0 Å². The van der Waals surface area contributed by atoms with E-state index in [1.54, 1.807) is 0 Å². The largest absolute Gasteiger partial charge is 0.389 e. The quantitative estimate of drug-likeness (QED) is 0.847. The maximum absolute atomic E-state index is 5.61. The zero-order chi connectivity index (χ0) is 10.8. The lowest BCUT2D eigenvalue weighted by Gasteiger charge is -2.18. The predicted octanol–water partition coefficient (Wildman–Crippen LogP) is 2.68. The van der Waals surface area contributed by atoms with Crippen molar-refractivity contribution in [3.05, 3.63) is 28.2 Å². The highest BCUT2D eigenvalue weighted by Crippen LogP contribution is 2.26. The van der Waals surface area contributed by atoms with Crippen molar-refractivity contribution >= 4 is 38.8 Å². The molecule has 0 amide bonds. The van der Waals surface area contributed by atoms with Crippen LogP contribution in [0.15, 0.2) is 22.7 Å². The fourth-order valence-electron chi connectivity index (χ4n) is 1.88. The summed E-state index contributed by atoms with van der Waals surface area (Å²) in [4.78, 5) is 2.82. The van der Waals surface area contributed by atoms with Crippen LogP contribution in [0.2, 0.25) is 0 Å². The Kier molecular flexibility index (Phi) is 3.26. The van der Waals surface area contributed by atoms with E-state index in [4.69, 9.17) is 18.0 Å². The summed E-state index contributed by atoms with van der Waals surface area (Å²) in [6.07, 6.45) is 2.57. The molecule has 1 aliphatic heterocycles. The molecule has 1 heterocycles. The van der Waals surface area contributed by atoms with Gasteiger partial charge in [0.15, 0.2) is 0 Å². The van der Waals surface area contributed by atoms with Gasteiger partial charge < -0.3 is 10.6 Å². The van der Waals surface area contributed by atoms with Gasteiger partial charge in [0.2, 0.25) is 0 Å². The molecule has 1 fully saturated rings. The van der Waals surface area contributed by atoms with E-state index in [-0.39, 0.29) is 0 Å². The number of benzene rings is 1. The van der Waals surface area contributed by atoms with Gasteiger partial charge in [-0.2, -0.15) is 0 Å². The average Bonchev–Trinajstić information content (AvgIpc) is 2.69. The van der Waals surface area contributed by atoms with Gasteiger partial charge in [-0.3, -0.25) is 0 Å². The van der Waals surface area contributed by atoms with Gasteiger partial charge in [-0.1, -0.05) is 12.2 Å². The van der Waals surface area contributed by atoms with Gasteiger partial charge in [0.05, 0.1) is 0 Å². The lowest BCUT2D eigenvalue weighted by molar-refractivity contribution is 0.949. The van der Waals surface area contributed by atoms with Crippen LogP contribution in [0.4, 0.5) is 5.69 Å². The molecule has 1 aromatic rings. The third-order valence-electron chi connectivity index (χ3n) is 2.69. The highest BCUT2D eigenvalue weighted by atomic mass is 79.9. The molecule has 1 saturated heterocycles. The molecule has 0 unspecified atom stereocenters. The zero-order valence-electron chi connectivity index (χ0n) is 8.37. The van der Waals surface area contributed by atoms with Crippen LogP contribution in [-0.4, -0.2) is 18.1 Å². The maximum atomic E-state index is 5.61. The summed E-state index contributed by atoms with van der Waals surface area (Å²) < 4.78 is 0.986. The van der Waals surface area contributed by atoms with Crippen LogP contribution in [0, 0.1) is 0 Å². The molecule has 0 aromatic heterocycles. The summed E-state index contributed by atoms with van der Waals surface area (Å²) in [7, 11) is 0. The third-order valence-corrected chi connectivity index (χ3v) is 3.57. The summed E-state index contributed by atoms with van der Waals surface area (Å²) in [6.45, 7) is 2.30. The van der Waals surface area contributed by atoms with Crippen LogP contribution in [0.3, 0.4) is 0 Å². The van der Waals surface area contributed by atoms with Crippen molar-refractivity contribution in [2.45, 2.75) is 12.8 Å². The van der Waals surface area contributed by atoms with E-state index >= 15 is 0 Å². The Morgan fingerprint density at radius 1 is 1.33 bits per heavy atom. The third kappa shape index (κ3) is 2.32. The van der Waals surface area contributed by atoms with E-state index in [2.05, 4.69) is 33.0 Å². The number of hydrogen-bond donors (Lipinski definition) is 1. The van der Waals surface area contributed by atoms with E-state index in [1.807, 2.05) is 6.07 Å². The van der Waals surface area contributed by atoms with Gasteiger partial charge in [0, 0.05) is 28.8 Å². The van der Waals surface area contributed by atoms with Crippen molar-refractivity contribution in [3.63, 3.8) is 0 Å². The standard InChI is InChI=1S/C11H13BrN2S/c12-10-7-8(14-5-1-2-6-14)3-4-9(10)11(13)15/h3-4,7H,1-2,5-6H2,(H2,13,15). The van der Waals surface area contributed by atoms with Crippen LogP contribution in [0.25, 0.3) is 0 Å². The van der Waals surface area contributed by atoms with Crippen LogP contribution in [0.1, 0.15) is 18.4 Å². The van der Waals surface area contributed by atoms with Crippen LogP contribution in [0.5, 0.6) is 0 Å². The minimum absolute atomic E-state index is 0.440. The number of anilines is 1. The first kappa shape index (κ1) is 10.9. The van der Waals surface area contributed by atoms with E-state index in [9.17, 15) is 0 Å². The van der Waals surface area contributed by atoms with Gasteiger partial charge in [-0.05, 0) is 47.0 Å². The van der Waals surface area contributed by atoms with Crippen LogP contribution in [-0.2, 0) is 0 Å². The molecular formula is C11H13BrN2S. The SMILES string of the molecule is NC(=S)c1ccc(N2CCCC2)cc1Br. The van der Waals surface area contributed by atoms with Crippen molar-refractivity contribution in [2.75, 3.05) is 18.0 Å². The number of thiocarbonyl (C=S) groups is 1. The van der Waals surface area contributed by atoms with Gasteiger partial charge in [0.1, 0.15) is 4.99 Å². The summed E-state index contributed by atoms with van der Waals surface area (Å²) in [6, 6.07) is 6.17. The predicted molar refractivity (Wildman–Crippen MR) is 71.5 cm³/mol. The van der Waals surface area contributed by atoms with E-state index < -0.39 is 0 Å². The molecule has 0 radical (unpaired) electrons. The Morgan fingerprint density at radius 3 is 2.53 bits per heavy atom. The summed E-state index contributed by atoms with van der Waals surface area (Å²) in [5.41, 5.74) is 7.77. The Labute approximate surface area is 104 Å². The highest BCUT2D eigenvalue weighted by molar-refractivity contribution is 9.10. The smallest absolute Gasteiger partial charge is 0.105 e. The van der Waals surface area contributed by atoms with Crippen molar-refractivity contribution in [3.8, 4) is 0 Å². The molecule has 15 heavy (non-hydrogen) atoms. The Bertz CT molecular complexity index is 386. The van der Waals surface area contributed by atoms with E-state index in [1.165, 1.54) is 18.5 Å². The van der Waals surface area contributed by atoms with Crippen molar-refractivity contribution in [1.29, 1.82) is 0 Å². The zero-order valence-corrected chi connectivity index (χ0v) is 10.8. The number of nitrogens with zero attached hydrogens (tertiary/aromatic N) is 1. The van der Waals surface area contributed by atoms with E-state index in [0.717, 1.165) is 23.1 Å². The fourth-order valence-corrected chi connectivity index (χ4v) is 2.77. The monoisotopic (exact) mass is 284 g/mol. The van der Waals surface area contributed by atoms with Crippen molar-refractivity contribution in [2.24, 2.45) is 5.73 Å². The lowest BCUT2D eigenvalue weighted by Crippen LogP contribution is -2.18. The molecule has 80 valence electrons. The Morgan fingerprint density at radius 2 is 2.00 bits per heavy atom. The molecule has 0 saturated carbocycles. The molecule has 0 atom stereocenters. The molecular weight excluding hydrogens is 272 g/mol. The normalized spacial score (nSPS) is 15.7. The lowest BCUT2D eigenvalue weighted by atomic mass is 10.2. The topological polar surface area (TPSA) is 29.3 Å². The van der Waals surface area contributed by atoms with Crippen LogP contribution < -0.4 is 10.6 Å². The fraction of sp³-hybridized carbons (Fsp3) is 0.364. The van der Waals surface area contributed by atoms with E-state index in [0.29, 0.717) is 4.99 Å². The summed E-state index contributed by atoms with van der Waals surface area (Å²) >= 11 is 8.46. The second-order valence-corrected chi connectivity index (χ2v) is 5.02. The Balaban J connectivity index is 2.28. The molecule has 1 aromatic carbocycles. The minimum Gasteiger partial charge on any atom is -0.389 e. The second-order valence-electron chi connectivity index (χ2n) is 3.72. The van der Waals surface area contributed by atoms with Gasteiger partial charge in [0.25, 0.3) is 0 Å². The molecule has 1 aliphatic rings. The summed E-state index contributed by atoms with van der Waals surface area (Å²) in [5, 5.41) is 0. The number of halogens is 1. The number of hydrogen-bond acceptors (Lipinski definition) is 2. The molecule has 4 heteroatoms. The first-order chi connectivity index (χ1) is 7.18. The van der Waals surface area contributed by atoms with Gasteiger partial charge in [-0.15, -0.1) is 0 Å². The molecule has 2 N–H and O–H groups in total. The highest BCUT2D eigenvalue weighted by Gasteiger charge is 2.13. The first-order valence-electron chi connectivity index (χ1n) is 5.03. The van der Waals surface area contributed by atoms with Crippen molar-refractivity contribution in [1.82, 2.24) is 0 Å². The molecule has 0 aliphatic carbocycles. The molecule has 2 nitrogen and oxygen atoms in total. The summed E-state index contributed by atoms with van der Waals surface area (Å²) in [5.74, 6) is 0.